The van der Waals surface area contributed by atoms with E-state index in [-0.39, 0.29) is 0 Å². The van der Waals surface area contributed by atoms with Crippen LogP contribution in [0.3, 0.4) is 0 Å². The molecule has 1 unspecified atom stereocenters. The quantitative estimate of drug-likeness (QED) is 0.179. The monoisotopic (exact) mass is 349 g/mol. The number of allylic oxidation sites excluding steroid dienone is 4. The molecule has 0 saturated carbocycles. The van der Waals surface area contributed by atoms with Gasteiger partial charge in [-0.1, -0.05) is 89.5 Å². The van der Waals surface area contributed by atoms with Crippen LogP contribution in [0.5, 0.6) is 0 Å². The van der Waals surface area contributed by atoms with Crippen molar-refractivity contribution < 1.29 is 0 Å². The molecule has 0 spiro atoms. The lowest BCUT2D eigenvalue weighted by atomic mass is 10.0. The van der Waals surface area contributed by atoms with Crippen LogP contribution in [-0.2, 0) is 0 Å². The minimum atomic E-state index is 0.799. The Morgan fingerprint density at radius 1 is 0.600 bits per heavy atom. The fraction of sp³-hybridized carbons (Fsp3) is 0.833. The summed E-state index contributed by atoms with van der Waals surface area (Å²) < 4.78 is 0. The minimum Gasteiger partial charge on any atom is -0.306 e. The van der Waals surface area contributed by atoms with Crippen LogP contribution in [0.2, 0.25) is 0 Å². The molecule has 0 aromatic carbocycles. The number of hydrogen-bond donors (Lipinski definition) is 0. The van der Waals surface area contributed by atoms with Crippen molar-refractivity contribution in [2.24, 2.45) is 0 Å². The van der Waals surface area contributed by atoms with Crippen molar-refractivity contribution >= 4 is 0 Å². The highest BCUT2D eigenvalue weighted by molar-refractivity contribution is 4.92. The van der Waals surface area contributed by atoms with Gasteiger partial charge in [0.2, 0.25) is 0 Å². The molecule has 0 aromatic heterocycles. The van der Waals surface area contributed by atoms with Gasteiger partial charge in [-0.2, -0.15) is 0 Å². The molecule has 25 heavy (non-hydrogen) atoms. The Labute approximate surface area is 160 Å². The van der Waals surface area contributed by atoms with E-state index in [4.69, 9.17) is 0 Å². The van der Waals surface area contributed by atoms with Gasteiger partial charge in [-0.3, -0.25) is 0 Å². The molecule has 0 aliphatic carbocycles. The van der Waals surface area contributed by atoms with E-state index < -0.39 is 0 Å². The summed E-state index contributed by atoms with van der Waals surface area (Å²) in [5.41, 5.74) is 0. The van der Waals surface area contributed by atoms with Gasteiger partial charge >= 0.3 is 0 Å². The first-order valence-corrected chi connectivity index (χ1v) is 11.2. The molecule has 0 saturated heterocycles. The summed E-state index contributed by atoms with van der Waals surface area (Å²) >= 11 is 0. The Balaban J connectivity index is 3.36. The van der Waals surface area contributed by atoms with E-state index in [1.54, 1.807) is 0 Å². The van der Waals surface area contributed by atoms with Gasteiger partial charge in [-0.25, -0.2) is 0 Å². The third-order valence-electron chi connectivity index (χ3n) is 5.09. The molecule has 0 N–H and O–H groups in total. The number of hydrogen-bond acceptors (Lipinski definition) is 1. The highest BCUT2D eigenvalue weighted by atomic mass is 15.1. The van der Waals surface area contributed by atoms with E-state index in [2.05, 4.69) is 57.1 Å². The van der Waals surface area contributed by atoms with E-state index in [9.17, 15) is 0 Å². The molecule has 1 heteroatoms. The molecule has 1 atom stereocenters. The van der Waals surface area contributed by atoms with Crippen molar-refractivity contribution in [2.75, 3.05) is 14.1 Å². The Morgan fingerprint density at radius 3 is 1.72 bits per heavy atom. The van der Waals surface area contributed by atoms with Crippen LogP contribution in [0.4, 0.5) is 0 Å². The average Bonchev–Trinajstić information content (AvgIpc) is 2.60. The molecule has 0 aliphatic heterocycles. The molecule has 0 heterocycles. The zero-order valence-electron chi connectivity index (χ0n) is 17.9. The predicted octanol–water partition coefficient (Wildman–Crippen LogP) is 7.92. The van der Waals surface area contributed by atoms with Crippen molar-refractivity contribution in [2.45, 2.75) is 116 Å². The second-order valence-corrected chi connectivity index (χ2v) is 7.78. The van der Waals surface area contributed by atoms with E-state index in [0.717, 1.165) is 12.5 Å². The second kappa shape index (κ2) is 19.8. The smallest absolute Gasteiger partial charge is 0.00890 e. The number of unbranched alkanes of at least 4 members (excludes halogenated alkanes) is 9. The van der Waals surface area contributed by atoms with Gasteiger partial charge in [0.05, 0.1) is 0 Å². The Morgan fingerprint density at radius 2 is 1.16 bits per heavy atom. The normalized spacial score (nSPS) is 13.5. The maximum atomic E-state index is 2.41. The summed E-state index contributed by atoms with van der Waals surface area (Å²) in [6.07, 6.45) is 29.6. The molecule has 0 bridgehead atoms. The third-order valence-corrected chi connectivity index (χ3v) is 5.09. The lowest BCUT2D eigenvalue weighted by Crippen LogP contribution is -2.27. The van der Waals surface area contributed by atoms with E-state index in [1.807, 2.05) is 0 Å². The summed E-state index contributed by atoms with van der Waals surface area (Å²) in [5.74, 6) is 0. The summed E-state index contributed by atoms with van der Waals surface area (Å²) in [6, 6.07) is 0.799. The van der Waals surface area contributed by atoms with Crippen LogP contribution in [-0.4, -0.2) is 25.0 Å². The molecule has 0 aromatic rings. The minimum absolute atomic E-state index is 0.799. The Hall–Kier alpha value is -0.560. The Bertz CT molecular complexity index is 303. The van der Waals surface area contributed by atoms with Crippen molar-refractivity contribution in [1.29, 1.82) is 0 Å². The molecule has 1 nitrogen and oxygen atoms in total. The van der Waals surface area contributed by atoms with E-state index in [1.165, 1.54) is 89.9 Å². The van der Waals surface area contributed by atoms with Crippen molar-refractivity contribution in [1.82, 2.24) is 4.90 Å². The molecule has 0 amide bonds. The fourth-order valence-electron chi connectivity index (χ4n) is 3.36. The van der Waals surface area contributed by atoms with Gasteiger partial charge in [0, 0.05) is 6.04 Å². The lowest BCUT2D eigenvalue weighted by molar-refractivity contribution is 0.256. The van der Waals surface area contributed by atoms with Crippen LogP contribution in [0.15, 0.2) is 24.3 Å². The number of rotatable bonds is 18. The van der Waals surface area contributed by atoms with Crippen LogP contribution in [0.25, 0.3) is 0 Å². The fourth-order valence-corrected chi connectivity index (χ4v) is 3.36. The van der Waals surface area contributed by atoms with Gasteiger partial charge < -0.3 is 4.90 Å². The zero-order chi connectivity index (χ0) is 18.6. The maximum Gasteiger partial charge on any atom is 0.00890 e. The van der Waals surface area contributed by atoms with Crippen molar-refractivity contribution in [3.63, 3.8) is 0 Å². The first kappa shape index (κ1) is 24.4. The molecular weight excluding hydrogens is 302 g/mol. The van der Waals surface area contributed by atoms with Crippen molar-refractivity contribution in [3.8, 4) is 0 Å². The van der Waals surface area contributed by atoms with Gasteiger partial charge in [0.1, 0.15) is 0 Å². The summed E-state index contributed by atoms with van der Waals surface area (Å²) in [6.45, 7) is 4.57. The highest BCUT2D eigenvalue weighted by Gasteiger charge is 2.08. The van der Waals surface area contributed by atoms with Gasteiger partial charge in [-0.05, 0) is 59.0 Å². The summed E-state index contributed by atoms with van der Waals surface area (Å²) in [4.78, 5) is 2.41. The molecule has 0 radical (unpaired) electrons. The predicted molar refractivity (Wildman–Crippen MR) is 116 cm³/mol. The topological polar surface area (TPSA) is 3.24 Å². The first-order chi connectivity index (χ1) is 12.2. The molecule has 148 valence electrons. The summed E-state index contributed by atoms with van der Waals surface area (Å²) in [7, 11) is 4.46. The molecular formula is C24H47N. The highest BCUT2D eigenvalue weighted by Crippen LogP contribution is 2.14. The molecule has 0 rings (SSSR count). The molecule has 0 fully saturated rings. The number of nitrogens with zero attached hydrogens (tertiary/aromatic N) is 1. The molecule has 0 aliphatic rings. The largest absolute Gasteiger partial charge is 0.306 e. The van der Waals surface area contributed by atoms with Crippen LogP contribution >= 0.6 is 0 Å². The van der Waals surface area contributed by atoms with E-state index >= 15 is 0 Å². The zero-order valence-corrected chi connectivity index (χ0v) is 17.9. The van der Waals surface area contributed by atoms with Crippen LogP contribution in [0, 0.1) is 0 Å². The second-order valence-electron chi connectivity index (χ2n) is 7.78. The standard InChI is InChI=1S/C24H47N/c1-5-7-8-9-10-11-12-13-14-15-16-17-18-19-20-21-23-24(22-6-2)25(3)4/h11-12,14-15,24H,5-10,13,16-23H2,1-4H3. The van der Waals surface area contributed by atoms with Gasteiger partial charge in [-0.15, -0.1) is 0 Å². The summed E-state index contributed by atoms with van der Waals surface area (Å²) in [5, 5.41) is 0. The maximum absolute atomic E-state index is 2.41. The third kappa shape index (κ3) is 18.0. The van der Waals surface area contributed by atoms with Crippen LogP contribution in [0.1, 0.15) is 110 Å². The van der Waals surface area contributed by atoms with E-state index in [0.29, 0.717) is 0 Å². The SMILES string of the molecule is CCCCCCC=CCC=CCCCCCCCC(CCC)N(C)C. The van der Waals surface area contributed by atoms with Crippen LogP contribution < -0.4 is 0 Å². The first-order valence-electron chi connectivity index (χ1n) is 11.2. The average molecular weight is 350 g/mol. The van der Waals surface area contributed by atoms with Gasteiger partial charge in [0.15, 0.2) is 0 Å². The van der Waals surface area contributed by atoms with Gasteiger partial charge in [0.25, 0.3) is 0 Å². The van der Waals surface area contributed by atoms with Crippen molar-refractivity contribution in [3.05, 3.63) is 24.3 Å². The Kier molecular flexibility index (Phi) is 19.3. The lowest BCUT2D eigenvalue weighted by Gasteiger charge is -2.23.